The molecule has 0 N–H and O–H groups in total. The van der Waals surface area contributed by atoms with Gasteiger partial charge < -0.3 is 14.4 Å². The smallest absolute Gasteiger partial charge is 0.252 e. The summed E-state index contributed by atoms with van der Waals surface area (Å²) in [5.74, 6) is 0. The molecule has 0 amide bonds. The van der Waals surface area contributed by atoms with Gasteiger partial charge in [-0.05, 0) is 172 Å². The SMILES string of the molecule is [2H]c1c([2H])c([2H])c(-c2ccc3c(c2)B2c4ccc(-n5c6c([2H])c([2H])c([2H])c([2H])c6c6c([2H])c([2H])c([2H])c([2H])c65)cc4N(c4c(-c5ccc(-c6ccccc6)cc5)cc(C(C)(C)C)cc4-c4ccc(-c5ccccc5)cc4)c4cc(C(C)(C)C)cc(c42)N3c2c(-c3ccccc3)cc(C(C)(C)C)cc2-c2ccccc2)c([2H])c1[2H]. The highest BCUT2D eigenvalue weighted by Gasteiger charge is 2.46. The highest BCUT2D eigenvalue weighted by molar-refractivity contribution is 7.00. The molecule has 15 aromatic rings. The van der Waals surface area contributed by atoms with Crippen LogP contribution in [0.15, 0.2) is 321 Å². The molecule has 0 radical (unpaired) electrons. The zero-order valence-corrected chi connectivity index (χ0v) is 57.5. The Morgan fingerprint density at radius 1 is 0.280 bits per heavy atom. The third-order valence-electron chi connectivity index (χ3n) is 20.2. The van der Waals surface area contributed by atoms with Crippen LogP contribution < -0.4 is 26.2 Å². The van der Waals surface area contributed by atoms with Crippen LogP contribution >= 0.6 is 0 Å². The number of fused-ring (bicyclic) bond motifs is 7. The lowest BCUT2D eigenvalue weighted by atomic mass is 9.33. The first kappa shape index (κ1) is 49.1. The van der Waals surface area contributed by atoms with E-state index in [2.05, 4.69) is 230 Å². The third kappa shape index (κ3) is 10.8. The van der Waals surface area contributed by atoms with Crippen LogP contribution in [0.3, 0.4) is 0 Å². The maximum Gasteiger partial charge on any atom is 0.252 e. The van der Waals surface area contributed by atoms with Gasteiger partial charge in [0.05, 0.1) is 40.2 Å². The highest BCUT2D eigenvalue weighted by Crippen LogP contribution is 2.56. The van der Waals surface area contributed by atoms with Gasteiger partial charge in [-0.1, -0.05) is 317 Å². The molecule has 0 aliphatic carbocycles. The molecule has 0 bridgehead atoms. The van der Waals surface area contributed by atoms with E-state index in [9.17, 15) is 11.0 Å². The number of anilines is 6. The van der Waals surface area contributed by atoms with Gasteiger partial charge in [-0.2, -0.15) is 0 Å². The predicted octanol–water partition coefficient (Wildman–Crippen LogP) is 24.4. The normalized spacial score (nSPS) is 14.6. The average molecular weight is 1300 g/mol. The van der Waals surface area contributed by atoms with Crippen LogP contribution in [0.2, 0.25) is 0 Å². The summed E-state index contributed by atoms with van der Waals surface area (Å²) < 4.78 is 124. The van der Waals surface area contributed by atoms with Gasteiger partial charge in [0.2, 0.25) is 0 Å². The van der Waals surface area contributed by atoms with Crippen LogP contribution in [0.25, 0.3) is 105 Å². The maximum atomic E-state index is 9.90. The molecule has 2 aliphatic rings. The van der Waals surface area contributed by atoms with Gasteiger partial charge in [0.25, 0.3) is 6.71 Å². The molecule has 17 rings (SSSR count). The molecule has 3 heterocycles. The predicted molar refractivity (Wildman–Crippen MR) is 429 cm³/mol. The first-order valence-corrected chi connectivity index (χ1v) is 34.4. The Bertz CT molecular complexity index is 6170. The van der Waals surface area contributed by atoms with Gasteiger partial charge in [0.1, 0.15) is 0 Å². The van der Waals surface area contributed by atoms with Crippen molar-refractivity contribution < 1.29 is 17.8 Å². The molecule has 4 heteroatoms. The fourth-order valence-electron chi connectivity index (χ4n) is 14.9. The summed E-state index contributed by atoms with van der Waals surface area (Å²) in [6.45, 7) is 19.3. The van der Waals surface area contributed by atoms with Crippen molar-refractivity contribution >= 4 is 79.0 Å². The molecule has 2 aliphatic heterocycles. The molecule has 0 fully saturated rings. The summed E-state index contributed by atoms with van der Waals surface area (Å²) in [4.78, 5) is 4.78. The summed E-state index contributed by atoms with van der Waals surface area (Å²) in [5, 5.41) is -0.112. The van der Waals surface area contributed by atoms with Crippen LogP contribution in [0.4, 0.5) is 34.1 Å². The fourth-order valence-corrected chi connectivity index (χ4v) is 14.9. The number of benzene rings is 14. The molecule has 100 heavy (non-hydrogen) atoms. The van der Waals surface area contributed by atoms with E-state index in [1.165, 1.54) is 0 Å². The lowest BCUT2D eigenvalue weighted by molar-refractivity contribution is 0.590. The second-order valence-electron chi connectivity index (χ2n) is 29.5. The summed E-state index contributed by atoms with van der Waals surface area (Å²) in [7, 11) is 0. The number of nitrogens with zero attached hydrogens (tertiary/aromatic N) is 3. The molecular weight excluding hydrogens is 1210 g/mol. The lowest BCUT2D eigenvalue weighted by Gasteiger charge is -2.47. The van der Waals surface area contributed by atoms with E-state index in [4.69, 9.17) is 6.85 Å². The van der Waals surface area contributed by atoms with E-state index in [-0.39, 0.29) is 44.9 Å². The molecule has 0 saturated carbocycles. The minimum atomic E-state index is -0.761. The largest absolute Gasteiger partial charge is 0.310 e. The van der Waals surface area contributed by atoms with E-state index in [1.54, 1.807) is 4.57 Å². The molecular formula is C96H80BN3. The Morgan fingerprint density at radius 2 is 0.640 bits per heavy atom. The van der Waals surface area contributed by atoms with Crippen LogP contribution in [-0.2, 0) is 16.2 Å². The van der Waals surface area contributed by atoms with Crippen molar-refractivity contribution in [3.05, 3.63) is 338 Å². The zero-order chi connectivity index (χ0) is 79.5. The van der Waals surface area contributed by atoms with Gasteiger partial charge in [-0.25, -0.2) is 0 Å². The Kier molecular flexibility index (Phi) is 11.9. The molecule has 0 atom stereocenters. The second-order valence-corrected chi connectivity index (χ2v) is 29.5. The summed E-state index contributed by atoms with van der Waals surface area (Å²) in [6, 6.07) is 78.6. The van der Waals surface area contributed by atoms with Gasteiger partial charge >= 0.3 is 0 Å². The van der Waals surface area contributed by atoms with Crippen molar-refractivity contribution in [3.63, 3.8) is 0 Å². The van der Waals surface area contributed by atoms with Gasteiger partial charge in [0, 0.05) is 61.5 Å². The molecule has 0 unspecified atom stereocenters. The monoisotopic (exact) mass is 1300 g/mol. The first-order chi connectivity index (χ1) is 53.9. The standard InChI is InChI=1S/C96H80BN3/c1-94(2,3)73-56-79(68-35-21-13-22-36-68)92(80(57-73)69-37-23-14-24-38-69)99-87-54-51-72(65-33-19-12-20-34-65)55-84(87)97-83-53-52-76(98-85-41-27-25-39-77(85)78-40-26-28-42-86(78)98)62-88(83)100(90-61-75(96(7,8)9)60-89(99)91(90)97)93-81(70-47-43-66(44-48-70)63-29-15-10-16-30-63)58-74(95(4,5)6)59-82(93)71-49-45-67(46-50-71)64-31-17-11-18-32-64/h10-62H,1-9H3/i12D,19D,20D,25D,26D,27D,28D,33D,34D,39D,40D,41D,42D. The van der Waals surface area contributed by atoms with E-state index in [1.807, 2.05) is 84.9 Å². The van der Waals surface area contributed by atoms with Crippen molar-refractivity contribution in [1.29, 1.82) is 0 Å². The second kappa shape index (κ2) is 24.2. The summed E-state index contributed by atoms with van der Waals surface area (Å²) in [6.07, 6.45) is 0. The average Bonchev–Trinajstić information content (AvgIpc) is 1.40. The lowest BCUT2D eigenvalue weighted by Crippen LogP contribution is -2.61. The summed E-state index contributed by atoms with van der Waals surface area (Å²) >= 11 is 0. The maximum absolute atomic E-state index is 9.90. The van der Waals surface area contributed by atoms with Crippen LogP contribution in [-0.4, -0.2) is 11.3 Å². The van der Waals surface area contributed by atoms with Crippen molar-refractivity contribution in [2.45, 2.75) is 78.6 Å². The Morgan fingerprint density at radius 3 is 1.08 bits per heavy atom. The van der Waals surface area contributed by atoms with Crippen molar-refractivity contribution in [2.75, 3.05) is 9.80 Å². The highest BCUT2D eigenvalue weighted by atomic mass is 15.2. The Balaban J connectivity index is 1.10. The van der Waals surface area contributed by atoms with Crippen molar-refractivity contribution in [3.8, 4) is 83.6 Å². The molecule has 1 aromatic heterocycles. The Labute approximate surface area is 608 Å². The van der Waals surface area contributed by atoms with Crippen LogP contribution in [0.5, 0.6) is 0 Å². The summed E-state index contributed by atoms with van der Waals surface area (Å²) in [5.41, 5.74) is 20.9. The van der Waals surface area contributed by atoms with Crippen LogP contribution in [0, 0.1) is 0 Å². The molecule has 0 saturated heterocycles. The van der Waals surface area contributed by atoms with Crippen molar-refractivity contribution in [2.24, 2.45) is 0 Å². The van der Waals surface area contributed by atoms with Gasteiger partial charge in [-0.15, -0.1) is 0 Å². The topological polar surface area (TPSA) is 11.4 Å². The zero-order valence-electron chi connectivity index (χ0n) is 70.5. The molecule has 3 nitrogen and oxygen atoms in total. The minimum Gasteiger partial charge on any atom is -0.310 e. The number of rotatable bonds is 10. The first-order valence-electron chi connectivity index (χ1n) is 40.9. The minimum absolute atomic E-state index is 0.0298. The van der Waals surface area contributed by atoms with E-state index in [0.29, 0.717) is 16.9 Å². The molecule has 14 aromatic carbocycles. The van der Waals surface area contributed by atoms with Crippen molar-refractivity contribution in [1.82, 2.24) is 4.57 Å². The number of hydrogen-bond donors (Lipinski definition) is 0. The van der Waals surface area contributed by atoms with E-state index >= 15 is 0 Å². The number of aromatic nitrogens is 1. The third-order valence-corrected chi connectivity index (χ3v) is 20.2. The van der Waals surface area contributed by atoms with E-state index in [0.717, 1.165) is 128 Å². The van der Waals surface area contributed by atoms with Crippen LogP contribution in [0.1, 0.15) is 96.8 Å². The van der Waals surface area contributed by atoms with Gasteiger partial charge in [-0.3, -0.25) is 0 Å². The molecule has 0 spiro atoms. The van der Waals surface area contributed by atoms with Gasteiger partial charge in [0.15, 0.2) is 0 Å². The van der Waals surface area contributed by atoms with E-state index < -0.39 is 84.0 Å². The number of para-hydroxylation sites is 2. The fraction of sp³-hybridized carbons (Fsp3) is 0.125. The Hall–Kier alpha value is -11.5. The quantitative estimate of drug-likeness (QED) is 0.126. The molecule has 482 valence electrons. The number of hydrogen-bond acceptors (Lipinski definition) is 2.